The maximum atomic E-state index is 11.3. The molecule has 3 aliphatic rings. The molecule has 3 rings (SSSR count). The summed E-state index contributed by atoms with van der Waals surface area (Å²) < 4.78 is 4.74. The van der Waals surface area contributed by atoms with Crippen LogP contribution < -0.4 is 0 Å². The van der Waals surface area contributed by atoms with Gasteiger partial charge in [-0.3, -0.25) is 4.90 Å². The normalized spacial score (nSPS) is 46.2. The minimum Gasteiger partial charge on any atom is -0.453 e. The molecule has 64 valence electrons. The predicted molar refractivity (Wildman–Crippen MR) is 42.6 cm³/mol. The number of methoxy groups -OCH3 is 1. The molecule has 0 bridgehead atoms. The molecule has 1 saturated heterocycles. The zero-order valence-corrected chi connectivity index (χ0v) is 6.93. The SMILES string of the molecule is COC(=O)N1[C@H]2C=C[C@@H]2[C@H]2C[C@@H]21. The Kier molecular flexibility index (Phi) is 1.000. The average Bonchev–Trinajstić information content (AvgIpc) is 2.72. The zero-order chi connectivity index (χ0) is 8.29. The minimum absolute atomic E-state index is 0.153. The van der Waals surface area contributed by atoms with Crippen LogP contribution in [-0.2, 0) is 4.74 Å². The van der Waals surface area contributed by atoms with E-state index >= 15 is 0 Å². The first-order chi connectivity index (χ1) is 5.83. The summed E-state index contributed by atoms with van der Waals surface area (Å²) in [5.74, 6) is 1.40. The summed E-state index contributed by atoms with van der Waals surface area (Å²) in [6.07, 6.45) is 5.35. The van der Waals surface area contributed by atoms with Crippen LogP contribution in [0.25, 0.3) is 0 Å². The van der Waals surface area contributed by atoms with E-state index in [1.807, 2.05) is 4.90 Å². The molecule has 0 unspecified atom stereocenters. The number of nitrogens with zero attached hydrogens (tertiary/aromatic N) is 1. The maximum absolute atomic E-state index is 11.3. The van der Waals surface area contributed by atoms with Crippen molar-refractivity contribution in [2.45, 2.75) is 18.5 Å². The van der Waals surface area contributed by atoms with Crippen LogP contribution in [0.2, 0.25) is 0 Å². The number of fused-ring (bicyclic) bond motifs is 3. The quantitative estimate of drug-likeness (QED) is 0.501. The number of likely N-dealkylation sites (tertiary alicyclic amines) is 1. The lowest BCUT2D eigenvalue weighted by Crippen LogP contribution is -2.42. The van der Waals surface area contributed by atoms with Crippen molar-refractivity contribution in [3.8, 4) is 0 Å². The predicted octanol–water partition coefficient (Wildman–Crippen LogP) is 1.01. The molecule has 3 heteroatoms. The van der Waals surface area contributed by atoms with Crippen LogP contribution in [-0.4, -0.2) is 30.2 Å². The first-order valence-electron chi connectivity index (χ1n) is 4.37. The summed E-state index contributed by atoms with van der Waals surface area (Å²) in [6, 6.07) is 0.851. The molecular weight excluding hydrogens is 154 g/mol. The lowest BCUT2D eigenvalue weighted by Gasteiger charge is -2.32. The highest BCUT2D eigenvalue weighted by Gasteiger charge is 2.61. The summed E-state index contributed by atoms with van der Waals surface area (Å²) in [7, 11) is 1.45. The lowest BCUT2D eigenvalue weighted by molar-refractivity contribution is 0.112. The first kappa shape index (κ1) is 6.52. The second-order valence-electron chi connectivity index (χ2n) is 3.80. The molecule has 0 aromatic rings. The molecule has 1 heterocycles. The molecule has 1 amide bonds. The molecule has 2 fully saturated rings. The van der Waals surface area contributed by atoms with E-state index in [-0.39, 0.29) is 6.09 Å². The Labute approximate surface area is 71.0 Å². The standard InChI is InChI=1S/C9H11NO2/c1-12-9(11)10-7-3-2-5(7)6-4-8(6)10/h2-3,5-8H,4H2,1H3/t5-,6-,7+,8+/m1/s1. The molecule has 0 N–H and O–H groups in total. The fraction of sp³-hybridized carbons (Fsp3) is 0.667. The summed E-state index contributed by atoms with van der Waals surface area (Å²) in [5.41, 5.74) is 0. The van der Waals surface area contributed by atoms with Gasteiger partial charge in [-0.25, -0.2) is 4.79 Å². The van der Waals surface area contributed by atoms with Crippen LogP contribution >= 0.6 is 0 Å². The average molecular weight is 165 g/mol. The second-order valence-corrected chi connectivity index (χ2v) is 3.80. The number of amides is 1. The Balaban J connectivity index is 1.87. The molecular formula is C9H11NO2. The summed E-state index contributed by atoms with van der Waals surface area (Å²) in [6.45, 7) is 0. The summed E-state index contributed by atoms with van der Waals surface area (Å²) >= 11 is 0. The third kappa shape index (κ3) is 0.564. The molecule has 1 aliphatic heterocycles. The Bertz CT molecular complexity index is 274. The number of ether oxygens (including phenoxy) is 1. The van der Waals surface area contributed by atoms with E-state index in [1.165, 1.54) is 13.5 Å². The van der Waals surface area contributed by atoms with Gasteiger partial charge in [0.25, 0.3) is 0 Å². The summed E-state index contributed by atoms with van der Waals surface area (Å²) in [5, 5.41) is 0. The van der Waals surface area contributed by atoms with E-state index in [4.69, 9.17) is 4.74 Å². The molecule has 3 nitrogen and oxygen atoms in total. The van der Waals surface area contributed by atoms with Gasteiger partial charge in [0.15, 0.2) is 0 Å². The number of hydrogen-bond acceptors (Lipinski definition) is 2. The second kappa shape index (κ2) is 1.84. The smallest absolute Gasteiger partial charge is 0.410 e. The third-order valence-corrected chi connectivity index (χ3v) is 3.29. The van der Waals surface area contributed by atoms with E-state index in [2.05, 4.69) is 12.2 Å². The van der Waals surface area contributed by atoms with Crippen LogP contribution in [0.4, 0.5) is 4.79 Å². The highest BCUT2D eigenvalue weighted by Crippen LogP contribution is 2.56. The van der Waals surface area contributed by atoms with Gasteiger partial charge in [-0.15, -0.1) is 0 Å². The monoisotopic (exact) mass is 165 g/mol. The van der Waals surface area contributed by atoms with Crippen molar-refractivity contribution in [1.82, 2.24) is 4.90 Å². The van der Waals surface area contributed by atoms with Gasteiger partial charge in [0.2, 0.25) is 0 Å². The number of carbonyl (C=O) groups excluding carboxylic acids is 1. The van der Waals surface area contributed by atoms with Crippen molar-refractivity contribution < 1.29 is 9.53 Å². The van der Waals surface area contributed by atoms with Gasteiger partial charge in [0.05, 0.1) is 13.2 Å². The highest BCUT2D eigenvalue weighted by molar-refractivity contribution is 5.71. The Hall–Kier alpha value is -0.990. The van der Waals surface area contributed by atoms with E-state index in [0.717, 1.165) is 5.92 Å². The van der Waals surface area contributed by atoms with Gasteiger partial charge in [0.1, 0.15) is 0 Å². The molecule has 0 aromatic heterocycles. The van der Waals surface area contributed by atoms with Crippen LogP contribution in [0.3, 0.4) is 0 Å². The largest absolute Gasteiger partial charge is 0.453 e. The fourth-order valence-corrected chi connectivity index (χ4v) is 2.53. The van der Waals surface area contributed by atoms with Gasteiger partial charge >= 0.3 is 6.09 Å². The first-order valence-corrected chi connectivity index (χ1v) is 4.37. The number of hydrogen-bond donors (Lipinski definition) is 0. The maximum Gasteiger partial charge on any atom is 0.410 e. The molecule has 0 spiro atoms. The third-order valence-electron chi connectivity index (χ3n) is 3.29. The van der Waals surface area contributed by atoms with E-state index in [0.29, 0.717) is 18.0 Å². The van der Waals surface area contributed by atoms with E-state index in [9.17, 15) is 4.79 Å². The van der Waals surface area contributed by atoms with Crippen LogP contribution in [0.15, 0.2) is 12.2 Å². The van der Waals surface area contributed by atoms with Gasteiger partial charge in [0, 0.05) is 12.0 Å². The Morgan fingerprint density at radius 2 is 2.42 bits per heavy atom. The van der Waals surface area contributed by atoms with Crippen LogP contribution in [0, 0.1) is 11.8 Å². The number of rotatable bonds is 0. The van der Waals surface area contributed by atoms with Crippen molar-refractivity contribution in [3.05, 3.63) is 12.2 Å². The van der Waals surface area contributed by atoms with Gasteiger partial charge in [-0.05, 0) is 12.3 Å². The topological polar surface area (TPSA) is 29.5 Å². The fourth-order valence-electron chi connectivity index (χ4n) is 2.53. The number of piperidine rings is 1. The van der Waals surface area contributed by atoms with Gasteiger partial charge in [-0.1, -0.05) is 12.2 Å². The molecule has 0 aromatic carbocycles. The van der Waals surface area contributed by atoms with Crippen molar-refractivity contribution in [3.63, 3.8) is 0 Å². The molecule has 1 saturated carbocycles. The minimum atomic E-state index is -0.153. The molecule has 2 aliphatic carbocycles. The van der Waals surface area contributed by atoms with Crippen molar-refractivity contribution in [2.75, 3.05) is 7.11 Å². The summed E-state index contributed by atoms with van der Waals surface area (Å²) in [4.78, 5) is 13.2. The number of carbonyl (C=O) groups is 1. The Morgan fingerprint density at radius 1 is 1.58 bits per heavy atom. The van der Waals surface area contributed by atoms with E-state index < -0.39 is 0 Å². The molecule has 0 radical (unpaired) electrons. The van der Waals surface area contributed by atoms with Crippen molar-refractivity contribution >= 4 is 6.09 Å². The van der Waals surface area contributed by atoms with Crippen LogP contribution in [0.1, 0.15) is 6.42 Å². The molecule has 12 heavy (non-hydrogen) atoms. The van der Waals surface area contributed by atoms with Crippen molar-refractivity contribution in [1.29, 1.82) is 0 Å². The van der Waals surface area contributed by atoms with Crippen molar-refractivity contribution in [2.24, 2.45) is 11.8 Å². The Morgan fingerprint density at radius 3 is 2.92 bits per heavy atom. The van der Waals surface area contributed by atoms with Gasteiger partial charge < -0.3 is 4.74 Å². The lowest BCUT2D eigenvalue weighted by atomic mass is 9.87. The zero-order valence-electron chi connectivity index (χ0n) is 6.93. The highest BCUT2D eigenvalue weighted by atomic mass is 16.5. The van der Waals surface area contributed by atoms with Gasteiger partial charge in [-0.2, -0.15) is 0 Å². The van der Waals surface area contributed by atoms with E-state index in [1.54, 1.807) is 0 Å². The van der Waals surface area contributed by atoms with Crippen LogP contribution in [0.5, 0.6) is 0 Å². The molecule has 4 atom stereocenters.